The predicted molar refractivity (Wildman–Crippen MR) is 103 cm³/mol. The molecule has 1 aromatic carbocycles. The molecule has 28 heavy (non-hydrogen) atoms. The molecule has 0 saturated carbocycles. The van der Waals surface area contributed by atoms with Crippen molar-refractivity contribution in [2.75, 3.05) is 6.61 Å². The predicted octanol–water partition coefficient (Wildman–Crippen LogP) is 2.56. The second kappa shape index (κ2) is 7.22. The fourth-order valence-corrected chi connectivity index (χ4v) is 3.08. The quantitative estimate of drug-likeness (QED) is 0.406. The minimum atomic E-state index is -0.462. The largest absolute Gasteiger partial charge is 0.486 e. The second-order valence-corrected chi connectivity index (χ2v) is 6.54. The van der Waals surface area contributed by atoms with Crippen LogP contribution in [0.25, 0.3) is 21.9 Å². The van der Waals surface area contributed by atoms with Crippen molar-refractivity contribution in [3.05, 3.63) is 73.5 Å². The number of hydrogen-bond acceptors (Lipinski definition) is 6. The van der Waals surface area contributed by atoms with Crippen LogP contribution in [-0.4, -0.2) is 16.2 Å². The van der Waals surface area contributed by atoms with Crippen LogP contribution in [-0.2, 0) is 6.54 Å². The molecule has 3 heterocycles. The van der Waals surface area contributed by atoms with E-state index in [9.17, 15) is 14.4 Å². The summed E-state index contributed by atoms with van der Waals surface area (Å²) in [6, 6.07) is 6.74. The van der Waals surface area contributed by atoms with E-state index >= 15 is 0 Å². The van der Waals surface area contributed by atoms with Crippen molar-refractivity contribution in [2.45, 2.75) is 26.3 Å². The van der Waals surface area contributed by atoms with Crippen LogP contribution in [0.4, 0.5) is 0 Å². The van der Waals surface area contributed by atoms with Crippen LogP contribution in [0.2, 0.25) is 0 Å². The lowest BCUT2D eigenvalue weighted by molar-refractivity contribution is 0.300. The Labute approximate surface area is 158 Å². The Balaban J connectivity index is 1.48. The van der Waals surface area contributed by atoms with Crippen LogP contribution in [0.3, 0.4) is 0 Å². The van der Waals surface area contributed by atoms with Crippen molar-refractivity contribution < 1.29 is 13.6 Å². The lowest BCUT2D eigenvalue weighted by Crippen LogP contribution is -2.30. The number of H-pyrrole nitrogens is 1. The smallest absolute Gasteiger partial charge is 0.336 e. The van der Waals surface area contributed by atoms with Gasteiger partial charge in [0.25, 0.3) is 5.56 Å². The lowest BCUT2D eigenvalue weighted by atomic mass is 10.1. The number of ether oxygens (including phenoxy) is 1. The summed E-state index contributed by atoms with van der Waals surface area (Å²) in [6.07, 6.45) is 4.43. The maximum atomic E-state index is 11.8. The summed E-state index contributed by atoms with van der Waals surface area (Å²) in [5.74, 6) is 0.396. The Morgan fingerprint density at radius 2 is 1.89 bits per heavy atom. The Kier molecular flexibility index (Phi) is 4.60. The summed E-state index contributed by atoms with van der Waals surface area (Å²) in [5, 5.41) is 1.60. The molecule has 0 amide bonds. The molecule has 0 unspecified atom stereocenters. The highest BCUT2D eigenvalue weighted by molar-refractivity contribution is 5.99. The van der Waals surface area contributed by atoms with Gasteiger partial charge in [-0.2, -0.15) is 0 Å². The first-order chi connectivity index (χ1) is 13.5. The van der Waals surface area contributed by atoms with Gasteiger partial charge in [-0.15, -0.1) is 0 Å². The molecule has 0 atom stereocenters. The molecule has 0 aliphatic rings. The number of aromatic nitrogens is 2. The Morgan fingerprint density at radius 3 is 2.75 bits per heavy atom. The van der Waals surface area contributed by atoms with Gasteiger partial charge in [0, 0.05) is 35.1 Å². The number of unbranched alkanes of at least 4 members (excludes halogenated alkanes) is 1. The molecule has 144 valence electrons. The van der Waals surface area contributed by atoms with Gasteiger partial charge in [-0.25, -0.2) is 9.59 Å². The molecule has 1 N–H and O–H groups in total. The van der Waals surface area contributed by atoms with Crippen molar-refractivity contribution in [2.24, 2.45) is 0 Å². The van der Waals surface area contributed by atoms with Crippen molar-refractivity contribution in [1.82, 2.24) is 9.55 Å². The van der Waals surface area contributed by atoms with Crippen LogP contribution in [0.1, 0.15) is 18.4 Å². The third-order valence-electron chi connectivity index (χ3n) is 4.51. The van der Waals surface area contributed by atoms with E-state index in [1.807, 2.05) is 12.1 Å². The minimum absolute atomic E-state index is 0.349. The Hall–Kier alpha value is -3.55. The van der Waals surface area contributed by atoms with Crippen LogP contribution in [0, 0.1) is 6.92 Å². The highest BCUT2D eigenvalue weighted by atomic mass is 16.5. The highest BCUT2D eigenvalue weighted by Crippen LogP contribution is 2.34. The third kappa shape index (κ3) is 3.36. The summed E-state index contributed by atoms with van der Waals surface area (Å²) in [6.45, 7) is 2.46. The summed E-state index contributed by atoms with van der Waals surface area (Å²) < 4.78 is 18.2. The topological polar surface area (TPSA) is 107 Å². The molecule has 0 aliphatic carbocycles. The SMILES string of the molecule is Cc1cn(CCCCOc2c3occc3cc3ccc(=O)oc23)c(=O)[nH]c1=O. The number of furan rings is 1. The number of nitrogens with one attached hydrogen (secondary N) is 1. The van der Waals surface area contributed by atoms with E-state index in [0.717, 1.165) is 10.8 Å². The van der Waals surface area contributed by atoms with E-state index < -0.39 is 11.3 Å². The number of fused-ring (bicyclic) bond motifs is 2. The van der Waals surface area contributed by atoms with Crippen LogP contribution in [0.15, 0.2) is 59.9 Å². The molecule has 8 nitrogen and oxygen atoms in total. The van der Waals surface area contributed by atoms with Crippen molar-refractivity contribution in [1.29, 1.82) is 0 Å². The zero-order chi connectivity index (χ0) is 19.7. The van der Waals surface area contributed by atoms with Gasteiger partial charge in [0.2, 0.25) is 5.75 Å². The fraction of sp³-hybridized carbons (Fsp3) is 0.250. The normalized spacial score (nSPS) is 11.3. The standard InChI is InChI=1S/C20H18N2O6/c1-12-11-22(20(25)21-19(12)24)7-2-3-8-26-18-16-14(6-9-27-16)10-13-4-5-15(23)28-17(13)18/h4-6,9-11H,2-3,7-8H2,1H3,(H,21,24,25). The van der Waals surface area contributed by atoms with E-state index in [1.165, 1.54) is 10.6 Å². The fourth-order valence-electron chi connectivity index (χ4n) is 3.08. The Morgan fingerprint density at radius 1 is 1.07 bits per heavy atom. The van der Waals surface area contributed by atoms with Crippen molar-refractivity contribution in [3.63, 3.8) is 0 Å². The minimum Gasteiger partial charge on any atom is -0.486 e. The maximum Gasteiger partial charge on any atom is 0.336 e. The van der Waals surface area contributed by atoms with E-state index in [0.29, 0.717) is 48.5 Å². The Bertz CT molecular complexity index is 1320. The van der Waals surface area contributed by atoms with Gasteiger partial charge in [-0.1, -0.05) is 0 Å². The monoisotopic (exact) mass is 382 g/mol. The van der Waals surface area contributed by atoms with E-state index in [4.69, 9.17) is 13.6 Å². The van der Waals surface area contributed by atoms with E-state index in [-0.39, 0.29) is 5.56 Å². The average molecular weight is 382 g/mol. The summed E-state index contributed by atoms with van der Waals surface area (Å²) >= 11 is 0. The van der Waals surface area contributed by atoms with Crippen LogP contribution < -0.4 is 21.6 Å². The molecule has 0 saturated heterocycles. The van der Waals surface area contributed by atoms with Gasteiger partial charge in [-0.05, 0) is 38.0 Å². The number of hydrogen-bond donors (Lipinski definition) is 1. The molecule has 4 aromatic rings. The molecule has 4 rings (SSSR count). The van der Waals surface area contributed by atoms with Gasteiger partial charge in [0.1, 0.15) is 0 Å². The third-order valence-corrected chi connectivity index (χ3v) is 4.51. The highest BCUT2D eigenvalue weighted by Gasteiger charge is 2.14. The number of rotatable bonds is 6. The molecule has 0 aliphatic heterocycles. The summed E-state index contributed by atoms with van der Waals surface area (Å²) in [5.41, 5.74) is 0.101. The molecule has 3 aromatic heterocycles. The molecule has 0 radical (unpaired) electrons. The lowest BCUT2D eigenvalue weighted by Gasteiger charge is -2.10. The molecular weight excluding hydrogens is 364 g/mol. The van der Waals surface area contributed by atoms with Crippen molar-refractivity contribution >= 4 is 21.9 Å². The van der Waals surface area contributed by atoms with E-state index in [1.54, 1.807) is 25.5 Å². The van der Waals surface area contributed by atoms with Gasteiger partial charge >= 0.3 is 11.3 Å². The van der Waals surface area contributed by atoms with Crippen LogP contribution >= 0.6 is 0 Å². The summed E-state index contributed by atoms with van der Waals surface area (Å²) in [7, 11) is 0. The number of aryl methyl sites for hydroxylation is 2. The first kappa shape index (κ1) is 17.8. The van der Waals surface area contributed by atoms with Gasteiger partial charge in [0.05, 0.1) is 12.9 Å². The molecular formula is C20H18N2O6. The summed E-state index contributed by atoms with van der Waals surface area (Å²) in [4.78, 5) is 37.1. The number of aromatic amines is 1. The van der Waals surface area contributed by atoms with Gasteiger partial charge in [-0.3, -0.25) is 9.78 Å². The number of nitrogens with zero attached hydrogens (tertiary/aromatic N) is 1. The van der Waals surface area contributed by atoms with E-state index in [2.05, 4.69) is 4.98 Å². The molecule has 0 spiro atoms. The first-order valence-corrected chi connectivity index (χ1v) is 8.90. The first-order valence-electron chi connectivity index (χ1n) is 8.90. The van der Waals surface area contributed by atoms with Gasteiger partial charge < -0.3 is 18.1 Å². The van der Waals surface area contributed by atoms with Crippen molar-refractivity contribution in [3.8, 4) is 5.75 Å². The average Bonchev–Trinajstić information content (AvgIpc) is 3.13. The van der Waals surface area contributed by atoms with Gasteiger partial charge in [0.15, 0.2) is 11.2 Å². The maximum absolute atomic E-state index is 11.8. The van der Waals surface area contributed by atoms with Crippen LogP contribution in [0.5, 0.6) is 5.75 Å². The molecule has 8 heteroatoms. The zero-order valence-corrected chi connectivity index (χ0v) is 15.2. The zero-order valence-electron chi connectivity index (χ0n) is 15.2. The second-order valence-electron chi connectivity index (χ2n) is 6.54. The molecule has 0 fully saturated rings. The number of benzene rings is 1. The molecule has 0 bridgehead atoms.